The van der Waals surface area contributed by atoms with Crippen LogP contribution in [0, 0.1) is 12.8 Å². The molecule has 2 aromatic heterocycles. The minimum atomic E-state index is -0.928. The molecule has 6 heteroatoms. The van der Waals surface area contributed by atoms with Crippen LogP contribution in [0.3, 0.4) is 0 Å². The summed E-state index contributed by atoms with van der Waals surface area (Å²) in [6.45, 7) is 1.88. The van der Waals surface area contributed by atoms with Gasteiger partial charge in [-0.1, -0.05) is 12.8 Å². The summed E-state index contributed by atoms with van der Waals surface area (Å²) in [6, 6.07) is 4.49. The van der Waals surface area contributed by atoms with Gasteiger partial charge < -0.3 is 14.4 Å². The number of furan rings is 1. The van der Waals surface area contributed by atoms with E-state index in [4.69, 9.17) is 4.42 Å². The first kappa shape index (κ1) is 15.2. The number of carbonyl (C=O) groups is 2. The van der Waals surface area contributed by atoms with Crippen molar-refractivity contribution in [3.8, 4) is 0 Å². The molecule has 0 spiro atoms. The SMILES string of the molecule is Cc1ccc2oc(C(=O)N3C(C(=O)O)CC4CCCCC43)cc2n1. The highest BCUT2D eigenvalue weighted by Crippen LogP contribution is 2.40. The molecule has 126 valence electrons. The lowest BCUT2D eigenvalue weighted by Gasteiger charge is -2.32. The molecule has 1 saturated carbocycles. The summed E-state index contributed by atoms with van der Waals surface area (Å²) in [5.41, 5.74) is 2.03. The van der Waals surface area contributed by atoms with E-state index in [1.165, 1.54) is 0 Å². The lowest BCUT2D eigenvalue weighted by molar-refractivity contribution is -0.141. The smallest absolute Gasteiger partial charge is 0.326 e. The number of hydrogen-bond donors (Lipinski definition) is 1. The first-order chi connectivity index (χ1) is 11.5. The maximum atomic E-state index is 13.0. The van der Waals surface area contributed by atoms with Crippen LogP contribution in [-0.2, 0) is 4.79 Å². The molecule has 1 aliphatic carbocycles. The number of likely N-dealkylation sites (tertiary alicyclic amines) is 1. The Balaban J connectivity index is 1.70. The second kappa shape index (κ2) is 5.61. The Hall–Kier alpha value is -2.37. The summed E-state index contributed by atoms with van der Waals surface area (Å²) in [6.07, 6.45) is 4.57. The molecule has 6 nitrogen and oxygen atoms in total. The number of aromatic nitrogens is 1. The Morgan fingerprint density at radius 2 is 2.08 bits per heavy atom. The normalized spacial score (nSPS) is 26.5. The Kier molecular flexibility index (Phi) is 3.55. The minimum absolute atomic E-state index is 0.00950. The average molecular weight is 328 g/mol. The second-order valence-electron chi connectivity index (χ2n) is 6.86. The number of fused-ring (bicyclic) bond motifs is 2. The van der Waals surface area contributed by atoms with E-state index in [-0.39, 0.29) is 23.6 Å². The molecule has 2 fully saturated rings. The Labute approximate surface area is 139 Å². The van der Waals surface area contributed by atoms with Crippen LogP contribution in [0.4, 0.5) is 0 Å². The molecule has 1 aliphatic heterocycles. The van der Waals surface area contributed by atoms with E-state index in [1.54, 1.807) is 17.0 Å². The zero-order chi connectivity index (χ0) is 16.8. The van der Waals surface area contributed by atoms with Gasteiger partial charge in [0.05, 0.1) is 0 Å². The topological polar surface area (TPSA) is 83.6 Å². The van der Waals surface area contributed by atoms with Crippen molar-refractivity contribution in [3.63, 3.8) is 0 Å². The largest absolute Gasteiger partial charge is 0.480 e. The minimum Gasteiger partial charge on any atom is -0.480 e. The molecule has 3 atom stereocenters. The Morgan fingerprint density at radius 1 is 1.29 bits per heavy atom. The van der Waals surface area contributed by atoms with E-state index in [1.807, 2.05) is 13.0 Å². The van der Waals surface area contributed by atoms with Crippen molar-refractivity contribution in [1.29, 1.82) is 0 Å². The summed E-state index contributed by atoms with van der Waals surface area (Å²) in [5.74, 6) is -0.788. The zero-order valence-electron chi connectivity index (χ0n) is 13.6. The van der Waals surface area contributed by atoms with Crippen molar-refractivity contribution in [2.75, 3.05) is 0 Å². The van der Waals surface area contributed by atoms with Gasteiger partial charge in [0.1, 0.15) is 11.6 Å². The summed E-state index contributed by atoms with van der Waals surface area (Å²) >= 11 is 0. The molecular weight excluding hydrogens is 308 g/mol. The first-order valence-corrected chi connectivity index (χ1v) is 8.47. The van der Waals surface area contributed by atoms with E-state index in [2.05, 4.69) is 4.98 Å². The molecule has 3 unspecified atom stereocenters. The third-order valence-corrected chi connectivity index (χ3v) is 5.33. The lowest BCUT2D eigenvalue weighted by Crippen LogP contribution is -2.46. The number of pyridine rings is 1. The fourth-order valence-electron chi connectivity index (χ4n) is 4.23. The van der Waals surface area contributed by atoms with Gasteiger partial charge in [-0.2, -0.15) is 0 Å². The number of nitrogens with zero attached hydrogens (tertiary/aromatic N) is 2. The molecule has 1 N–H and O–H groups in total. The molecule has 1 amide bonds. The van der Waals surface area contributed by atoms with E-state index in [9.17, 15) is 14.7 Å². The molecule has 2 aromatic rings. The number of rotatable bonds is 2. The van der Waals surface area contributed by atoms with E-state index >= 15 is 0 Å². The molecule has 4 rings (SSSR count). The third kappa shape index (κ3) is 2.37. The van der Waals surface area contributed by atoms with Gasteiger partial charge in [-0.05, 0) is 44.2 Å². The maximum Gasteiger partial charge on any atom is 0.326 e. The fraction of sp³-hybridized carbons (Fsp3) is 0.500. The van der Waals surface area contributed by atoms with E-state index in [0.717, 1.165) is 31.4 Å². The van der Waals surface area contributed by atoms with Crippen molar-refractivity contribution in [1.82, 2.24) is 9.88 Å². The number of carboxylic acid groups (broad SMARTS) is 1. The van der Waals surface area contributed by atoms with Crippen LogP contribution in [-0.4, -0.2) is 39.0 Å². The number of aryl methyl sites for hydroxylation is 1. The van der Waals surface area contributed by atoms with Gasteiger partial charge in [0, 0.05) is 17.8 Å². The Morgan fingerprint density at radius 3 is 2.88 bits per heavy atom. The second-order valence-corrected chi connectivity index (χ2v) is 6.86. The van der Waals surface area contributed by atoms with Gasteiger partial charge in [-0.15, -0.1) is 0 Å². The predicted octanol–water partition coefficient (Wildman–Crippen LogP) is 2.99. The predicted molar refractivity (Wildman–Crippen MR) is 86.7 cm³/mol. The van der Waals surface area contributed by atoms with Crippen LogP contribution in [0.2, 0.25) is 0 Å². The molecule has 1 saturated heterocycles. The average Bonchev–Trinajstić information content (AvgIpc) is 3.15. The molecule has 0 radical (unpaired) electrons. The third-order valence-electron chi connectivity index (χ3n) is 5.33. The van der Waals surface area contributed by atoms with Gasteiger partial charge in [0.25, 0.3) is 5.91 Å². The van der Waals surface area contributed by atoms with Crippen LogP contribution in [0.25, 0.3) is 11.1 Å². The standard InChI is InChI=1S/C18H20N2O4/c1-10-6-7-15-12(19-10)9-16(24-15)17(21)20-13-5-3-2-4-11(13)8-14(20)18(22)23/h6-7,9,11,13-14H,2-5,8H2,1H3,(H,22,23). The van der Waals surface area contributed by atoms with Crippen molar-refractivity contribution < 1.29 is 19.1 Å². The highest BCUT2D eigenvalue weighted by molar-refractivity contribution is 5.98. The lowest BCUT2D eigenvalue weighted by atomic mass is 9.84. The molecule has 2 aliphatic rings. The maximum absolute atomic E-state index is 13.0. The number of amides is 1. The van der Waals surface area contributed by atoms with Gasteiger partial charge >= 0.3 is 5.97 Å². The van der Waals surface area contributed by atoms with Crippen LogP contribution < -0.4 is 0 Å². The summed E-state index contributed by atoms with van der Waals surface area (Å²) in [5, 5.41) is 9.57. The van der Waals surface area contributed by atoms with Crippen molar-refractivity contribution in [2.45, 2.75) is 51.1 Å². The zero-order valence-corrected chi connectivity index (χ0v) is 13.6. The molecule has 0 bridgehead atoms. The molecular formula is C18H20N2O4. The van der Waals surface area contributed by atoms with E-state index < -0.39 is 12.0 Å². The summed E-state index contributed by atoms with van der Waals surface area (Å²) in [7, 11) is 0. The quantitative estimate of drug-likeness (QED) is 0.916. The van der Waals surface area contributed by atoms with Gasteiger partial charge in [0.15, 0.2) is 11.3 Å². The molecule has 24 heavy (non-hydrogen) atoms. The van der Waals surface area contributed by atoms with Crippen molar-refractivity contribution in [3.05, 3.63) is 29.7 Å². The Bertz CT molecular complexity index is 812. The van der Waals surface area contributed by atoms with Gasteiger partial charge in [0.2, 0.25) is 0 Å². The van der Waals surface area contributed by atoms with Crippen LogP contribution in [0.1, 0.15) is 48.4 Å². The summed E-state index contributed by atoms with van der Waals surface area (Å²) < 4.78 is 5.66. The van der Waals surface area contributed by atoms with Crippen LogP contribution in [0.15, 0.2) is 22.6 Å². The molecule has 3 heterocycles. The van der Waals surface area contributed by atoms with Gasteiger partial charge in [-0.25, -0.2) is 9.78 Å². The number of carboxylic acids is 1. The number of hydrogen-bond acceptors (Lipinski definition) is 4. The highest BCUT2D eigenvalue weighted by atomic mass is 16.4. The van der Waals surface area contributed by atoms with Crippen LogP contribution in [0.5, 0.6) is 0 Å². The molecule has 0 aromatic carbocycles. The van der Waals surface area contributed by atoms with E-state index in [0.29, 0.717) is 17.5 Å². The first-order valence-electron chi connectivity index (χ1n) is 8.47. The highest BCUT2D eigenvalue weighted by Gasteiger charge is 2.48. The number of aliphatic carboxylic acids is 1. The van der Waals surface area contributed by atoms with Gasteiger partial charge in [-0.3, -0.25) is 4.79 Å². The fourth-order valence-corrected chi connectivity index (χ4v) is 4.23. The number of carbonyl (C=O) groups excluding carboxylic acids is 1. The monoisotopic (exact) mass is 328 g/mol. The van der Waals surface area contributed by atoms with Crippen molar-refractivity contribution >= 4 is 23.0 Å². The summed E-state index contributed by atoms with van der Waals surface area (Å²) in [4.78, 5) is 30.6. The van der Waals surface area contributed by atoms with Crippen LogP contribution >= 0.6 is 0 Å². The van der Waals surface area contributed by atoms with Crippen molar-refractivity contribution in [2.24, 2.45) is 5.92 Å².